The van der Waals surface area contributed by atoms with Crippen LogP contribution in [0.4, 0.5) is 28.9 Å². The minimum absolute atomic E-state index is 0.0119. The van der Waals surface area contributed by atoms with E-state index in [2.05, 4.69) is 35.8 Å². The van der Waals surface area contributed by atoms with Gasteiger partial charge in [-0.25, -0.2) is 8.78 Å². The van der Waals surface area contributed by atoms with Crippen LogP contribution >= 0.6 is 11.6 Å². The highest BCUT2D eigenvalue weighted by Crippen LogP contribution is 2.54. The maximum Gasteiger partial charge on any atom is 0.387 e. The highest BCUT2D eigenvalue weighted by atomic mass is 35.5. The van der Waals surface area contributed by atoms with Gasteiger partial charge in [0.1, 0.15) is 17.4 Å². The second-order valence-electron chi connectivity index (χ2n) is 18.7. The Morgan fingerprint density at radius 2 is 1.07 bits per heavy atom. The van der Waals surface area contributed by atoms with Gasteiger partial charge >= 0.3 is 6.61 Å². The molecule has 4 N–H and O–H groups in total. The summed E-state index contributed by atoms with van der Waals surface area (Å²) in [7, 11) is 0. The molecule has 0 aromatic heterocycles. The SMILES string of the molecule is CC.CC(C)(C)NC(=O)CN1CC2(CC(CC(=O)Nc3cc(F)cc(Cl)c3)C2)C1.CC(C)(C)NC(=O)CN1CC2(CC(CC(=O)Nc3cc(F)cc(OC(F)F)c3)C2)C1. The monoisotopic (exact) mass is 852 g/mol. The zero-order valence-corrected chi connectivity index (χ0v) is 36.3. The zero-order valence-electron chi connectivity index (χ0n) is 35.5. The van der Waals surface area contributed by atoms with Crippen LogP contribution in [0.3, 0.4) is 0 Å². The topological polar surface area (TPSA) is 132 Å². The fourth-order valence-corrected chi connectivity index (χ4v) is 9.09. The first-order chi connectivity index (χ1) is 27.4. The fourth-order valence-electron chi connectivity index (χ4n) is 8.87. The summed E-state index contributed by atoms with van der Waals surface area (Å²) < 4.78 is 55.6. The van der Waals surface area contributed by atoms with Gasteiger partial charge in [0.05, 0.1) is 13.1 Å². The van der Waals surface area contributed by atoms with E-state index < -0.39 is 18.2 Å². The second-order valence-corrected chi connectivity index (χ2v) is 19.1. The first-order valence-corrected chi connectivity index (χ1v) is 20.7. The molecule has 4 aliphatic rings. The Balaban J connectivity index is 0.000000251. The lowest BCUT2D eigenvalue weighted by atomic mass is 9.57. The Morgan fingerprint density at radius 3 is 1.44 bits per heavy atom. The molecule has 2 saturated carbocycles. The number of hydrogen-bond donors (Lipinski definition) is 4. The van der Waals surface area contributed by atoms with E-state index in [0.717, 1.165) is 64.0 Å². The molecule has 59 heavy (non-hydrogen) atoms. The van der Waals surface area contributed by atoms with Crippen LogP contribution in [-0.2, 0) is 19.2 Å². The molecule has 16 heteroatoms. The van der Waals surface area contributed by atoms with Crippen LogP contribution in [0.2, 0.25) is 5.02 Å². The number of carbonyl (C=O) groups excluding carboxylic acids is 4. The molecule has 4 amide bonds. The normalized spacial score (nSPS) is 18.4. The third kappa shape index (κ3) is 15.2. The van der Waals surface area contributed by atoms with Gasteiger partial charge in [-0.2, -0.15) is 8.78 Å². The maximum atomic E-state index is 13.5. The van der Waals surface area contributed by atoms with E-state index in [-0.39, 0.29) is 74.3 Å². The minimum atomic E-state index is -3.07. The Hall–Kier alpha value is -3.95. The van der Waals surface area contributed by atoms with Gasteiger partial charge in [-0.3, -0.25) is 29.0 Å². The summed E-state index contributed by atoms with van der Waals surface area (Å²) in [6.45, 7) is 17.0. The molecule has 0 radical (unpaired) electrons. The van der Waals surface area contributed by atoms with Gasteiger partial charge in [-0.05, 0) is 114 Å². The van der Waals surface area contributed by atoms with Crippen molar-refractivity contribution in [2.75, 3.05) is 49.9 Å². The Labute approximate surface area is 350 Å². The lowest BCUT2D eigenvalue weighted by Gasteiger charge is -2.59. The van der Waals surface area contributed by atoms with Crippen molar-refractivity contribution >= 4 is 46.6 Å². The number of nitrogens with one attached hydrogen (secondary N) is 4. The van der Waals surface area contributed by atoms with E-state index in [1.807, 2.05) is 55.4 Å². The summed E-state index contributed by atoms with van der Waals surface area (Å²) in [6.07, 6.45) is 4.53. The van der Waals surface area contributed by atoms with E-state index in [1.54, 1.807) is 0 Å². The molecule has 2 aliphatic carbocycles. The molecule has 11 nitrogen and oxygen atoms in total. The molecule has 6 rings (SSSR count). The van der Waals surface area contributed by atoms with Crippen LogP contribution in [0, 0.1) is 34.3 Å². The number of anilines is 2. The van der Waals surface area contributed by atoms with Crippen LogP contribution in [0.5, 0.6) is 5.75 Å². The third-order valence-electron chi connectivity index (χ3n) is 10.4. The number of amides is 4. The molecule has 0 unspecified atom stereocenters. The summed E-state index contributed by atoms with van der Waals surface area (Å²) in [5.74, 6) is -1.34. The molecule has 2 aromatic rings. The van der Waals surface area contributed by atoms with Crippen molar-refractivity contribution in [3.63, 3.8) is 0 Å². The number of hydrogen-bond acceptors (Lipinski definition) is 7. The van der Waals surface area contributed by atoms with Crippen LogP contribution < -0.4 is 26.0 Å². The molecule has 2 aromatic carbocycles. The molecular weight excluding hydrogens is 792 g/mol. The van der Waals surface area contributed by atoms with Crippen molar-refractivity contribution in [1.29, 1.82) is 0 Å². The van der Waals surface area contributed by atoms with E-state index in [1.165, 1.54) is 24.3 Å². The fraction of sp³-hybridized carbons (Fsp3) is 0.628. The molecule has 4 fully saturated rings. The van der Waals surface area contributed by atoms with Gasteiger partial charge in [0.15, 0.2) is 0 Å². The van der Waals surface area contributed by atoms with Crippen molar-refractivity contribution in [1.82, 2.24) is 20.4 Å². The summed E-state index contributed by atoms with van der Waals surface area (Å²) in [5.41, 5.74) is 0.477. The molecule has 328 valence electrons. The quantitative estimate of drug-likeness (QED) is 0.160. The molecular formula is C43H61ClF4N6O5. The van der Waals surface area contributed by atoms with Gasteiger partial charge < -0.3 is 26.0 Å². The number of rotatable bonds is 12. The number of alkyl halides is 2. The first-order valence-electron chi connectivity index (χ1n) is 20.3. The van der Waals surface area contributed by atoms with E-state index in [4.69, 9.17) is 11.6 Å². The van der Waals surface area contributed by atoms with Gasteiger partial charge in [0.25, 0.3) is 0 Å². The van der Waals surface area contributed by atoms with Crippen molar-refractivity contribution in [3.8, 4) is 5.75 Å². The van der Waals surface area contributed by atoms with Crippen molar-refractivity contribution in [2.24, 2.45) is 22.7 Å². The number of carbonyl (C=O) groups is 4. The number of benzene rings is 2. The molecule has 2 heterocycles. The molecule has 0 bridgehead atoms. The summed E-state index contributed by atoms with van der Waals surface area (Å²) in [4.78, 5) is 52.6. The molecule has 2 saturated heterocycles. The first kappa shape index (κ1) is 47.7. The summed E-state index contributed by atoms with van der Waals surface area (Å²) in [5, 5.41) is 11.5. The highest BCUT2D eigenvalue weighted by molar-refractivity contribution is 6.30. The standard InChI is InChI=1S/C21H28F3N3O3.C20H27ClFN3O2.C2H6/c1-20(2,3)26-18(29)10-27-11-21(12-27)8-13(9-21)4-17(28)25-15-5-14(22)6-16(7-15)30-19(23)24;1-19(2,3)24-18(27)10-25-11-20(12-25)8-13(9-20)4-17(26)23-16-6-14(21)5-15(22)7-16;1-2/h5-7,13,19H,4,8-12H2,1-3H3,(H,25,28)(H,26,29);5-7,13H,4,8-12H2,1-3H3,(H,23,26)(H,24,27);1-2H3. The average Bonchev–Trinajstić information content (AvgIpc) is 2.99. The summed E-state index contributed by atoms with van der Waals surface area (Å²) >= 11 is 5.80. The second kappa shape index (κ2) is 19.6. The lowest BCUT2D eigenvalue weighted by Crippen LogP contribution is -2.64. The number of halogens is 5. The predicted octanol–water partition coefficient (Wildman–Crippen LogP) is 7.84. The Morgan fingerprint density at radius 1 is 0.678 bits per heavy atom. The minimum Gasteiger partial charge on any atom is -0.435 e. The smallest absolute Gasteiger partial charge is 0.387 e. The third-order valence-corrected chi connectivity index (χ3v) is 10.6. The predicted molar refractivity (Wildman–Crippen MR) is 221 cm³/mol. The van der Waals surface area contributed by atoms with Crippen LogP contribution in [-0.4, -0.2) is 90.4 Å². The largest absolute Gasteiger partial charge is 0.435 e. The number of likely N-dealkylation sites (tertiary alicyclic amines) is 2. The molecule has 2 spiro atoms. The van der Waals surface area contributed by atoms with Gasteiger partial charge in [-0.1, -0.05) is 25.4 Å². The summed E-state index contributed by atoms with van der Waals surface area (Å²) in [6, 6.07) is 7.07. The molecule has 2 aliphatic heterocycles. The Bertz CT molecular complexity index is 1770. The highest BCUT2D eigenvalue weighted by Gasteiger charge is 2.53. The van der Waals surface area contributed by atoms with Gasteiger partial charge in [0.2, 0.25) is 23.6 Å². The maximum absolute atomic E-state index is 13.5. The zero-order chi connectivity index (χ0) is 43.9. The van der Waals surface area contributed by atoms with Gasteiger partial charge in [0, 0.05) is 78.6 Å². The van der Waals surface area contributed by atoms with Crippen molar-refractivity contribution in [2.45, 2.75) is 112 Å². The average molecular weight is 853 g/mol. The van der Waals surface area contributed by atoms with E-state index in [9.17, 15) is 36.7 Å². The van der Waals surface area contributed by atoms with Crippen molar-refractivity contribution < 1.29 is 41.5 Å². The number of nitrogens with zero attached hydrogens (tertiary/aromatic N) is 2. The van der Waals surface area contributed by atoms with Crippen LogP contribution in [0.1, 0.15) is 93.9 Å². The lowest BCUT2D eigenvalue weighted by molar-refractivity contribution is -0.137. The van der Waals surface area contributed by atoms with Crippen molar-refractivity contribution in [3.05, 3.63) is 53.1 Å². The Kier molecular flexibility index (Phi) is 15.9. The van der Waals surface area contributed by atoms with E-state index >= 15 is 0 Å². The number of ether oxygens (including phenoxy) is 1. The van der Waals surface area contributed by atoms with E-state index in [0.29, 0.717) is 31.1 Å². The van der Waals surface area contributed by atoms with Crippen LogP contribution in [0.15, 0.2) is 36.4 Å². The van der Waals surface area contributed by atoms with Gasteiger partial charge in [-0.15, -0.1) is 0 Å². The van der Waals surface area contributed by atoms with Crippen LogP contribution in [0.25, 0.3) is 0 Å². The molecule has 0 atom stereocenters.